The molecule has 0 fully saturated rings. The third kappa shape index (κ3) is 2.86. The van der Waals surface area contributed by atoms with E-state index in [1.165, 1.54) is 0 Å². The molecule has 0 aliphatic rings. The van der Waals surface area contributed by atoms with E-state index >= 15 is 0 Å². The molecule has 114 valence electrons. The normalized spacial score (nSPS) is 11.7. The van der Waals surface area contributed by atoms with Crippen LogP contribution in [0.1, 0.15) is 5.69 Å². The van der Waals surface area contributed by atoms with Gasteiger partial charge in [-0.3, -0.25) is 9.71 Å². The number of aryl methyl sites for hydroxylation is 1. The van der Waals surface area contributed by atoms with Crippen LogP contribution in [0.4, 0.5) is 5.69 Å². The van der Waals surface area contributed by atoms with Gasteiger partial charge in [0.1, 0.15) is 0 Å². The summed E-state index contributed by atoms with van der Waals surface area (Å²) in [5.74, 6) is 0. The van der Waals surface area contributed by atoms with Crippen molar-refractivity contribution in [2.24, 2.45) is 0 Å². The van der Waals surface area contributed by atoms with Crippen LogP contribution in [0.3, 0.4) is 0 Å². The van der Waals surface area contributed by atoms with E-state index in [1.807, 2.05) is 13.0 Å². The Balaban J connectivity index is 2.03. The maximum absolute atomic E-state index is 11.3. The molecule has 2 aromatic heterocycles. The summed E-state index contributed by atoms with van der Waals surface area (Å²) in [5, 5.41) is 0. The lowest BCUT2D eigenvalue weighted by atomic mass is 10.0. The molecule has 0 radical (unpaired) electrons. The van der Waals surface area contributed by atoms with Crippen LogP contribution in [-0.4, -0.2) is 29.6 Å². The van der Waals surface area contributed by atoms with E-state index in [2.05, 4.69) is 19.7 Å². The Bertz CT molecular complexity index is 1000. The summed E-state index contributed by atoms with van der Waals surface area (Å²) in [6.07, 6.45) is 1.10. The standard InChI is InChI=1S/C14H14N4O3S/c1-8-11(7-12-13(15-8)17-14(19)16-12)9-3-5-10(6-4-9)18-22(2,20)21/h3-7,18H,1-2H3,(H2,15,16,17,19). The quantitative estimate of drug-likeness (QED) is 0.681. The second-order valence-electron chi connectivity index (χ2n) is 5.05. The average molecular weight is 318 g/mol. The van der Waals surface area contributed by atoms with Crippen LogP contribution in [0.15, 0.2) is 35.1 Å². The van der Waals surface area contributed by atoms with Gasteiger partial charge in [-0.05, 0) is 30.7 Å². The Labute approximate surface area is 126 Å². The van der Waals surface area contributed by atoms with Crippen molar-refractivity contribution in [2.45, 2.75) is 6.92 Å². The van der Waals surface area contributed by atoms with Gasteiger partial charge in [-0.25, -0.2) is 18.2 Å². The fraction of sp³-hybridized carbons (Fsp3) is 0.143. The number of benzene rings is 1. The number of aromatic amines is 2. The van der Waals surface area contributed by atoms with E-state index in [-0.39, 0.29) is 5.69 Å². The molecule has 0 atom stereocenters. The molecule has 0 aliphatic carbocycles. The minimum absolute atomic E-state index is 0.299. The van der Waals surface area contributed by atoms with Crippen molar-refractivity contribution in [1.82, 2.24) is 15.0 Å². The fourth-order valence-corrected chi connectivity index (χ4v) is 2.85. The van der Waals surface area contributed by atoms with Gasteiger partial charge in [-0.1, -0.05) is 12.1 Å². The van der Waals surface area contributed by atoms with Crippen molar-refractivity contribution in [1.29, 1.82) is 0 Å². The largest absolute Gasteiger partial charge is 0.325 e. The lowest BCUT2D eigenvalue weighted by Gasteiger charge is -2.08. The zero-order valence-electron chi connectivity index (χ0n) is 12.0. The molecule has 0 bridgehead atoms. The molecule has 0 saturated carbocycles. The highest BCUT2D eigenvalue weighted by atomic mass is 32.2. The second-order valence-corrected chi connectivity index (χ2v) is 6.80. The second kappa shape index (κ2) is 4.99. The van der Waals surface area contributed by atoms with Gasteiger partial charge in [0, 0.05) is 16.9 Å². The van der Waals surface area contributed by atoms with Gasteiger partial charge in [-0.15, -0.1) is 0 Å². The highest BCUT2D eigenvalue weighted by Crippen LogP contribution is 2.26. The molecule has 0 saturated heterocycles. The number of H-pyrrole nitrogens is 2. The summed E-state index contributed by atoms with van der Waals surface area (Å²) >= 11 is 0. The lowest BCUT2D eigenvalue weighted by Crippen LogP contribution is -2.09. The molecule has 3 aromatic rings. The number of hydrogen-bond donors (Lipinski definition) is 3. The van der Waals surface area contributed by atoms with Crippen molar-refractivity contribution in [2.75, 3.05) is 11.0 Å². The SMILES string of the molecule is Cc1nc2[nH]c(=O)[nH]c2cc1-c1ccc(NS(C)(=O)=O)cc1. The van der Waals surface area contributed by atoms with E-state index in [1.54, 1.807) is 24.3 Å². The summed E-state index contributed by atoms with van der Waals surface area (Å²) in [6, 6.07) is 8.80. The smallest absolute Gasteiger partial charge is 0.304 e. The van der Waals surface area contributed by atoms with E-state index < -0.39 is 10.0 Å². The molecule has 22 heavy (non-hydrogen) atoms. The first-order valence-corrected chi connectivity index (χ1v) is 8.39. The number of aromatic nitrogens is 3. The zero-order valence-corrected chi connectivity index (χ0v) is 12.8. The van der Waals surface area contributed by atoms with Crippen LogP contribution in [0.5, 0.6) is 0 Å². The van der Waals surface area contributed by atoms with Gasteiger partial charge >= 0.3 is 5.69 Å². The van der Waals surface area contributed by atoms with Crippen molar-refractivity contribution in [3.63, 3.8) is 0 Å². The number of hydrogen-bond acceptors (Lipinski definition) is 4. The molecular formula is C14H14N4O3S. The summed E-state index contributed by atoms with van der Waals surface area (Å²) in [7, 11) is -3.30. The third-order valence-electron chi connectivity index (χ3n) is 3.19. The van der Waals surface area contributed by atoms with E-state index in [9.17, 15) is 13.2 Å². The minimum atomic E-state index is -3.30. The Kier molecular flexibility index (Phi) is 3.25. The average Bonchev–Trinajstić information content (AvgIpc) is 2.76. The number of fused-ring (bicyclic) bond motifs is 1. The molecule has 0 aliphatic heterocycles. The van der Waals surface area contributed by atoms with Crippen molar-refractivity contribution >= 4 is 26.9 Å². The van der Waals surface area contributed by atoms with E-state index in [0.29, 0.717) is 16.9 Å². The number of anilines is 1. The molecule has 2 heterocycles. The van der Waals surface area contributed by atoms with Crippen molar-refractivity contribution < 1.29 is 8.42 Å². The number of pyridine rings is 1. The maximum atomic E-state index is 11.3. The molecule has 1 aromatic carbocycles. The lowest BCUT2D eigenvalue weighted by molar-refractivity contribution is 0.607. The first kappa shape index (κ1) is 14.3. The third-order valence-corrected chi connectivity index (χ3v) is 3.80. The summed E-state index contributed by atoms with van der Waals surface area (Å²) in [6.45, 7) is 1.85. The Morgan fingerprint density at radius 3 is 2.45 bits per heavy atom. The van der Waals surface area contributed by atoms with Gasteiger partial charge in [0.05, 0.1) is 11.8 Å². The molecule has 0 spiro atoms. The molecule has 7 nitrogen and oxygen atoms in total. The van der Waals surface area contributed by atoms with Gasteiger partial charge in [0.15, 0.2) is 5.65 Å². The highest BCUT2D eigenvalue weighted by molar-refractivity contribution is 7.92. The number of nitrogens with one attached hydrogen (secondary N) is 3. The van der Waals surface area contributed by atoms with Crippen molar-refractivity contribution in [3.8, 4) is 11.1 Å². The summed E-state index contributed by atoms with van der Waals surface area (Å²) in [4.78, 5) is 21.0. The number of imidazole rings is 1. The minimum Gasteiger partial charge on any atom is -0.304 e. The Morgan fingerprint density at radius 2 is 1.82 bits per heavy atom. The molecule has 3 N–H and O–H groups in total. The van der Waals surface area contributed by atoms with Crippen LogP contribution in [-0.2, 0) is 10.0 Å². The molecule has 0 amide bonds. The van der Waals surface area contributed by atoms with Gasteiger partial charge in [0.2, 0.25) is 10.0 Å². The van der Waals surface area contributed by atoms with Crippen LogP contribution < -0.4 is 10.4 Å². The Hall–Kier alpha value is -2.61. The summed E-state index contributed by atoms with van der Waals surface area (Å²) < 4.78 is 24.8. The number of sulfonamides is 1. The fourth-order valence-electron chi connectivity index (χ4n) is 2.28. The molecule has 3 rings (SSSR count). The first-order valence-electron chi connectivity index (χ1n) is 6.50. The van der Waals surface area contributed by atoms with Gasteiger partial charge < -0.3 is 4.98 Å². The van der Waals surface area contributed by atoms with Crippen LogP contribution in [0, 0.1) is 6.92 Å². The monoisotopic (exact) mass is 318 g/mol. The number of rotatable bonds is 3. The van der Waals surface area contributed by atoms with Crippen LogP contribution in [0.2, 0.25) is 0 Å². The van der Waals surface area contributed by atoms with E-state index in [0.717, 1.165) is 23.1 Å². The zero-order chi connectivity index (χ0) is 15.9. The number of nitrogens with zero attached hydrogens (tertiary/aromatic N) is 1. The van der Waals surface area contributed by atoms with E-state index in [4.69, 9.17) is 0 Å². The van der Waals surface area contributed by atoms with Gasteiger partial charge in [0.25, 0.3) is 0 Å². The van der Waals surface area contributed by atoms with Crippen LogP contribution in [0.25, 0.3) is 22.3 Å². The maximum Gasteiger partial charge on any atom is 0.325 e. The van der Waals surface area contributed by atoms with Gasteiger partial charge in [-0.2, -0.15) is 0 Å². The highest BCUT2D eigenvalue weighted by Gasteiger charge is 2.09. The topological polar surface area (TPSA) is 108 Å². The predicted octanol–water partition coefficient (Wildman–Crippen LogP) is 1.60. The molecule has 8 heteroatoms. The Morgan fingerprint density at radius 1 is 1.14 bits per heavy atom. The molecule has 0 unspecified atom stereocenters. The first-order chi connectivity index (χ1) is 10.3. The predicted molar refractivity (Wildman–Crippen MR) is 85.4 cm³/mol. The molecular weight excluding hydrogens is 304 g/mol. The summed E-state index contributed by atoms with van der Waals surface area (Å²) in [5.41, 5.74) is 3.86. The van der Waals surface area contributed by atoms with Crippen molar-refractivity contribution in [3.05, 3.63) is 46.5 Å². The van der Waals surface area contributed by atoms with Crippen LogP contribution >= 0.6 is 0 Å².